The monoisotopic (exact) mass is 313 g/mol. The first-order valence-electron chi connectivity index (χ1n) is 7.68. The summed E-state index contributed by atoms with van der Waals surface area (Å²) in [7, 11) is 0. The lowest BCUT2D eigenvalue weighted by Crippen LogP contribution is -2.39. The predicted octanol–water partition coefficient (Wildman–Crippen LogP) is 1.04. The van der Waals surface area contributed by atoms with Crippen LogP contribution in [0.25, 0.3) is 0 Å². The molecule has 23 heavy (non-hydrogen) atoms. The molecule has 0 spiro atoms. The van der Waals surface area contributed by atoms with E-state index >= 15 is 0 Å². The Hall–Kier alpha value is -2.63. The standard InChI is InChI=1S/C17H19N3O3/c1-12-2-4-13(5-3-12)10-20(14-6-7-14)16(22)11-19-9-8-15(21)18-17(19)23/h2-5,8-9,14H,6-7,10-11H2,1H3,(H,18,21,23). The van der Waals surface area contributed by atoms with Crippen LogP contribution in [-0.4, -0.2) is 26.4 Å². The van der Waals surface area contributed by atoms with E-state index in [9.17, 15) is 14.4 Å². The van der Waals surface area contributed by atoms with E-state index in [1.54, 1.807) is 0 Å². The van der Waals surface area contributed by atoms with E-state index in [0.29, 0.717) is 6.54 Å². The quantitative estimate of drug-likeness (QED) is 0.896. The van der Waals surface area contributed by atoms with Gasteiger partial charge in [0.25, 0.3) is 5.56 Å². The van der Waals surface area contributed by atoms with Gasteiger partial charge >= 0.3 is 5.69 Å². The van der Waals surface area contributed by atoms with Crippen molar-refractivity contribution in [2.24, 2.45) is 0 Å². The fourth-order valence-electron chi connectivity index (χ4n) is 2.50. The molecule has 0 aliphatic heterocycles. The Morgan fingerprint density at radius 3 is 2.52 bits per heavy atom. The summed E-state index contributed by atoms with van der Waals surface area (Å²) in [6.07, 6.45) is 3.35. The molecule has 1 N–H and O–H groups in total. The van der Waals surface area contributed by atoms with Gasteiger partial charge < -0.3 is 4.90 Å². The van der Waals surface area contributed by atoms with E-state index in [0.717, 1.165) is 18.4 Å². The van der Waals surface area contributed by atoms with Crippen molar-refractivity contribution in [3.63, 3.8) is 0 Å². The molecule has 1 aliphatic carbocycles. The van der Waals surface area contributed by atoms with Crippen LogP contribution in [0.5, 0.6) is 0 Å². The number of rotatable bonds is 5. The van der Waals surface area contributed by atoms with Crippen molar-refractivity contribution in [2.45, 2.75) is 38.9 Å². The Morgan fingerprint density at radius 2 is 1.91 bits per heavy atom. The van der Waals surface area contributed by atoms with E-state index in [2.05, 4.69) is 4.98 Å². The van der Waals surface area contributed by atoms with Crippen molar-refractivity contribution >= 4 is 5.91 Å². The molecule has 1 amide bonds. The Kier molecular flexibility index (Phi) is 4.14. The first kappa shape index (κ1) is 15.3. The predicted molar refractivity (Wildman–Crippen MR) is 86.1 cm³/mol. The Balaban J connectivity index is 1.75. The number of nitrogens with zero attached hydrogens (tertiary/aromatic N) is 2. The van der Waals surface area contributed by atoms with Gasteiger partial charge in [-0.15, -0.1) is 0 Å². The minimum atomic E-state index is -0.558. The van der Waals surface area contributed by atoms with Crippen LogP contribution in [0.1, 0.15) is 24.0 Å². The van der Waals surface area contributed by atoms with Gasteiger partial charge in [0, 0.05) is 24.8 Å². The zero-order chi connectivity index (χ0) is 16.4. The van der Waals surface area contributed by atoms with Crippen LogP contribution in [0, 0.1) is 6.92 Å². The van der Waals surface area contributed by atoms with Crippen molar-refractivity contribution in [3.05, 3.63) is 68.5 Å². The van der Waals surface area contributed by atoms with Crippen LogP contribution >= 0.6 is 0 Å². The minimum absolute atomic E-state index is 0.0576. The number of hydrogen-bond acceptors (Lipinski definition) is 3. The number of H-pyrrole nitrogens is 1. The second kappa shape index (κ2) is 6.24. The lowest BCUT2D eigenvalue weighted by Gasteiger charge is -2.23. The Bertz CT molecular complexity index is 816. The van der Waals surface area contributed by atoms with E-state index in [1.807, 2.05) is 36.1 Å². The number of aromatic amines is 1. The first-order valence-corrected chi connectivity index (χ1v) is 7.68. The van der Waals surface area contributed by atoms with E-state index in [1.165, 1.54) is 22.4 Å². The molecular formula is C17H19N3O3. The lowest BCUT2D eigenvalue weighted by atomic mass is 10.1. The summed E-state index contributed by atoms with van der Waals surface area (Å²) in [5.41, 5.74) is 1.23. The van der Waals surface area contributed by atoms with Crippen molar-refractivity contribution < 1.29 is 4.79 Å². The number of aryl methyl sites for hydroxylation is 1. The Morgan fingerprint density at radius 1 is 1.22 bits per heavy atom. The summed E-state index contributed by atoms with van der Waals surface area (Å²) in [4.78, 5) is 39.4. The summed E-state index contributed by atoms with van der Waals surface area (Å²) in [5.74, 6) is -0.109. The van der Waals surface area contributed by atoms with Gasteiger partial charge in [0.15, 0.2) is 0 Å². The molecule has 0 radical (unpaired) electrons. The van der Waals surface area contributed by atoms with Crippen molar-refractivity contribution in [2.75, 3.05) is 0 Å². The number of amides is 1. The third kappa shape index (κ3) is 3.77. The maximum Gasteiger partial charge on any atom is 0.328 e. The first-order chi connectivity index (χ1) is 11.0. The number of nitrogens with one attached hydrogen (secondary N) is 1. The average Bonchev–Trinajstić information content (AvgIpc) is 3.34. The molecular weight excluding hydrogens is 294 g/mol. The number of hydrogen-bond donors (Lipinski definition) is 1. The molecule has 1 saturated carbocycles. The molecule has 1 aromatic heterocycles. The smallest absolute Gasteiger partial charge is 0.328 e. The Labute approximate surface area is 133 Å². The lowest BCUT2D eigenvalue weighted by molar-refractivity contribution is -0.133. The molecule has 1 aromatic carbocycles. The van der Waals surface area contributed by atoms with Crippen molar-refractivity contribution in [3.8, 4) is 0 Å². The van der Waals surface area contributed by atoms with Gasteiger partial charge in [0.05, 0.1) is 0 Å². The van der Waals surface area contributed by atoms with Crippen molar-refractivity contribution in [1.82, 2.24) is 14.5 Å². The van der Waals surface area contributed by atoms with Crippen LogP contribution in [0.2, 0.25) is 0 Å². The molecule has 3 rings (SSSR count). The van der Waals surface area contributed by atoms with Gasteiger partial charge in [-0.1, -0.05) is 29.8 Å². The molecule has 0 saturated heterocycles. The molecule has 0 unspecified atom stereocenters. The fraction of sp³-hybridized carbons (Fsp3) is 0.353. The highest BCUT2D eigenvalue weighted by molar-refractivity contribution is 5.76. The van der Waals surface area contributed by atoms with E-state index in [4.69, 9.17) is 0 Å². The maximum absolute atomic E-state index is 12.6. The average molecular weight is 313 g/mol. The topological polar surface area (TPSA) is 75.2 Å². The highest BCUT2D eigenvalue weighted by Gasteiger charge is 2.32. The molecule has 1 fully saturated rings. The summed E-state index contributed by atoms with van der Waals surface area (Å²) in [6.45, 7) is 2.51. The fourth-order valence-corrected chi connectivity index (χ4v) is 2.50. The van der Waals surface area contributed by atoms with Gasteiger partial charge in [0.2, 0.25) is 5.91 Å². The summed E-state index contributed by atoms with van der Waals surface area (Å²) in [5, 5.41) is 0. The van der Waals surface area contributed by atoms with Crippen LogP contribution < -0.4 is 11.2 Å². The molecule has 2 aromatic rings. The third-order valence-electron chi connectivity index (χ3n) is 3.98. The number of carbonyl (C=O) groups is 1. The number of carbonyl (C=O) groups excluding carboxylic acids is 1. The van der Waals surface area contributed by atoms with Gasteiger partial charge in [-0.05, 0) is 25.3 Å². The molecule has 0 atom stereocenters. The van der Waals surface area contributed by atoms with Gasteiger partial charge in [-0.2, -0.15) is 0 Å². The minimum Gasteiger partial charge on any atom is -0.334 e. The molecule has 6 nitrogen and oxygen atoms in total. The van der Waals surface area contributed by atoms with Gasteiger partial charge in [-0.3, -0.25) is 19.1 Å². The largest absolute Gasteiger partial charge is 0.334 e. The zero-order valence-electron chi connectivity index (χ0n) is 13.0. The van der Waals surface area contributed by atoms with Gasteiger partial charge in [-0.25, -0.2) is 4.79 Å². The molecule has 1 heterocycles. The third-order valence-corrected chi connectivity index (χ3v) is 3.98. The van der Waals surface area contributed by atoms with Crippen LogP contribution in [0.3, 0.4) is 0 Å². The van der Waals surface area contributed by atoms with Crippen LogP contribution in [0.15, 0.2) is 46.1 Å². The summed E-state index contributed by atoms with van der Waals surface area (Å²) < 4.78 is 1.23. The maximum atomic E-state index is 12.6. The van der Waals surface area contributed by atoms with Crippen LogP contribution in [0.4, 0.5) is 0 Å². The second-order valence-electron chi connectivity index (χ2n) is 5.98. The number of aromatic nitrogens is 2. The molecule has 6 heteroatoms. The number of benzene rings is 1. The second-order valence-corrected chi connectivity index (χ2v) is 5.98. The van der Waals surface area contributed by atoms with Gasteiger partial charge in [0.1, 0.15) is 6.54 Å². The normalized spacial score (nSPS) is 13.8. The SMILES string of the molecule is Cc1ccc(CN(C(=O)Cn2ccc(=O)[nH]c2=O)C2CC2)cc1. The van der Waals surface area contributed by atoms with Crippen LogP contribution in [-0.2, 0) is 17.9 Å². The van der Waals surface area contributed by atoms with Crippen molar-refractivity contribution in [1.29, 1.82) is 0 Å². The highest BCUT2D eigenvalue weighted by atomic mass is 16.2. The highest BCUT2D eigenvalue weighted by Crippen LogP contribution is 2.28. The molecule has 1 aliphatic rings. The summed E-state index contributed by atoms with van der Waals surface area (Å²) >= 11 is 0. The summed E-state index contributed by atoms with van der Waals surface area (Å²) in [6, 6.07) is 9.58. The zero-order valence-corrected chi connectivity index (χ0v) is 13.0. The van der Waals surface area contributed by atoms with E-state index in [-0.39, 0.29) is 18.5 Å². The molecule has 120 valence electrons. The van der Waals surface area contributed by atoms with E-state index < -0.39 is 11.2 Å². The molecule has 0 bridgehead atoms.